The Balaban J connectivity index is 2.91. The molecule has 0 fully saturated rings. The van der Waals surface area contributed by atoms with Gasteiger partial charge in [0, 0.05) is 10.7 Å². The van der Waals surface area contributed by atoms with Crippen LogP contribution in [0.5, 0.6) is 0 Å². The van der Waals surface area contributed by atoms with Crippen molar-refractivity contribution < 1.29 is 18.1 Å². The van der Waals surface area contributed by atoms with Crippen LogP contribution in [-0.2, 0) is 20.3 Å². The second-order valence-electron chi connectivity index (χ2n) is 4.74. The van der Waals surface area contributed by atoms with Crippen LogP contribution in [0, 0.1) is 10.1 Å². The van der Waals surface area contributed by atoms with E-state index in [4.69, 9.17) is 15.4 Å². The summed E-state index contributed by atoms with van der Waals surface area (Å²) in [5, 5.41) is 14.3. The van der Waals surface area contributed by atoms with Gasteiger partial charge in [0.05, 0.1) is 30.0 Å². The summed E-state index contributed by atoms with van der Waals surface area (Å²) in [4.78, 5) is 9.18. The van der Waals surface area contributed by atoms with Gasteiger partial charge in [-0.2, -0.15) is 4.68 Å². The van der Waals surface area contributed by atoms with Crippen molar-refractivity contribution in [2.45, 2.75) is 37.8 Å². The van der Waals surface area contributed by atoms with Gasteiger partial charge in [-0.3, -0.25) is 0 Å². The number of hydrogen-bond donors (Lipinski definition) is 0. The Morgan fingerprint density at radius 1 is 1.53 bits per heavy atom. The van der Waals surface area contributed by atoms with E-state index in [1.54, 1.807) is 0 Å². The standard InChI is InChI=1S/C9H14ClN3O5S/c1-9(2,3)18-5-4-12-6-7(19(10,16)17)8(11-12)13(14)15/h6H,4-5H2,1-3H3. The summed E-state index contributed by atoms with van der Waals surface area (Å²) in [6.07, 6.45) is 1.02. The van der Waals surface area contributed by atoms with Gasteiger partial charge in [-0.25, -0.2) is 8.42 Å². The van der Waals surface area contributed by atoms with Gasteiger partial charge < -0.3 is 14.9 Å². The third-order valence-electron chi connectivity index (χ3n) is 2.00. The van der Waals surface area contributed by atoms with Crippen molar-refractivity contribution in [1.82, 2.24) is 9.78 Å². The molecule has 0 saturated carbocycles. The fraction of sp³-hybridized carbons (Fsp3) is 0.667. The lowest BCUT2D eigenvalue weighted by atomic mass is 10.2. The fourth-order valence-corrected chi connectivity index (χ4v) is 2.16. The Hall–Kier alpha value is -1.19. The molecule has 0 bridgehead atoms. The zero-order valence-electron chi connectivity index (χ0n) is 10.7. The largest absolute Gasteiger partial charge is 0.410 e. The predicted octanol–water partition coefficient (Wildman–Crippen LogP) is 1.53. The van der Waals surface area contributed by atoms with E-state index in [-0.39, 0.29) is 18.8 Å². The summed E-state index contributed by atoms with van der Waals surface area (Å²) in [6.45, 7) is 5.99. The highest BCUT2D eigenvalue weighted by Gasteiger charge is 2.29. The zero-order chi connectivity index (χ0) is 14.8. The van der Waals surface area contributed by atoms with Gasteiger partial charge in [0.15, 0.2) is 0 Å². The number of halogens is 1. The van der Waals surface area contributed by atoms with Gasteiger partial charge in [0.2, 0.25) is 4.90 Å². The molecule has 0 N–H and O–H groups in total. The minimum atomic E-state index is -4.20. The Morgan fingerprint density at radius 3 is 2.47 bits per heavy atom. The lowest BCUT2D eigenvalue weighted by molar-refractivity contribution is -0.392. The van der Waals surface area contributed by atoms with E-state index in [0.29, 0.717) is 0 Å². The fourth-order valence-electron chi connectivity index (χ4n) is 1.25. The van der Waals surface area contributed by atoms with Crippen molar-refractivity contribution in [3.63, 3.8) is 0 Å². The first-order valence-electron chi connectivity index (χ1n) is 5.31. The molecule has 0 atom stereocenters. The zero-order valence-corrected chi connectivity index (χ0v) is 12.2. The van der Waals surface area contributed by atoms with Crippen LogP contribution in [0.4, 0.5) is 5.82 Å². The molecule has 0 unspecified atom stereocenters. The third kappa shape index (κ3) is 4.77. The van der Waals surface area contributed by atoms with Crippen LogP contribution >= 0.6 is 10.7 Å². The molecule has 0 aromatic carbocycles. The topological polar surface area (TPSA) is 104 Å². The quantitative estimate of drug-likeness (QED) is 0.464. The van der Waals surface area contributed by atoms with Gasteiger partial charge in [-0.1, -0.05) is 0 Å². The average molecular weight is 312 g/mol. The van der Waals surface area contributed by atoms with E-state index >= 15 is 0 Å². The Morgan fingerprint density at radius 2 is 2.11 bits per heavy atom. The number of hydrogen-bond acceptors (Lipinski definition) is 6. The first-order valence-corrected chi connectivity index (χ1v) is 7.62. The molecular formula is C9H14ClN3O5S. The SMILES string of the molecule is CC(C)(C)OCCn1cc(S(=O)(=O)Cl)c([N+](=O)[O-])n1. The number of nitrogens with zero attached hydrogens (tertiary/aromatic N) is 3. The monoisotopic (exact) mass is 311 g/mol. The Bertz CT molecular complexity index is 575. The van der Waals surface area contributed by atoms with E-state index < -0.39 is 24.7 Å². The molecule has 1 aromatic heterocycles. The highest BCUT2D eigenvalue weighted by atomic mass is 35.7. The predicted molar refractivity (Wildman–Crippen MR) is 67.6 cm³/mol. The molecule has 0 aliphatic rings. The van der Waals surface area contributed by atoms with Crippen LogP contribution in [0.25, 0.3) is 0 Å². The normalized spacial score (nSPS) is 12.6. The van der Waals surface area contributed by atoms with E-state index in [1.807, 2.05) is 20.8 Å². The molecule has 0 aliphatic carbocycles. The van der Waals surface area contributed by atoms with Crippen molar-refractivity contribution in [1.29, 1.82) is 0 Å². The van der Waals surface area contributed by atoms with Crippen molar-refractivity contribution in [3.05, 3.63) is 16.3 Å². The maximum atomic E-state index is 11.2. The highest BCUT2D eigenvalue weighted by molar-refractivity contribution is 8.13. The molecular weight excluding hydrogens is 298 g/mol. The van der Waals surface area contributed by atoms with Gasteiger partial charge >= 0.3 is 5.82 Å². The number of ether oxygens (including phenoxy) is 1. The van der Waals surface area contributed by atoms with E-state index in [2.05, 4.69) is 5.10 Å². The summed E-state index contributed by atoms with van der Waals surface area (Å²) in [5.74, 6) is -0.786. The molecule has 8 nitrogen and oxygen atoms in total. The minimum Gasteiger partial charge on any atom is -0.374 e. The van der Waals surface area contributed by atoms with E-state index in [9.17, 15) is 18.5 Å². The van der Waals surface area contributed by atoms with Crippen molar-refractivity contribution in [3.8, 4) is 0 Å². The van der Waals surface area contributed by atoms with Gasteiger partial charge in [-0.05, 0) is 25.7 Å². The average Bonchev–Trinajstić information content (AvgIpc) is 2.59. The summed E-state index contributed by atoms with van der Waals surface area (Å²) < 4.78 is 28.9. The van der Waals surface area contributed by atoms with Gasteiger partial charge in [0.1, 0.15) is 0 Å². The van der Waals surface area contributed by atoms with Crippen LogP contribution < -0.4 is 0 Å². The number of nitro groups is 1. The highest BCUT2D eigenvalue weighted by Crippen LogP contribution is 2.24. The molecule has 19 heavy (non-hydrogen) atoms. The molecule has 0 aliphatic heterocycles. The maximum absolute atomic E-state index is 11.2. The summed E-state index contributed by atoms with van der Waals surface area (Å²) >= 11 is 0. The Labute approximate surface area is 114 Å². The summed E-state index contributed by atoms with van der Waals surface area (Å²) in [5.41, 5.74) is -0.361. The molecule has 0 saturated heterocycles. The molecule has 0 radical (unpaired) electrons. The number of aromatic nitrogens is 2. The smallest absolute Gasteiger partial charge is 0.374 e. The van der Waals surface area contributed by atoms with Crippen molar-refractivity contribution >= 4 is 25.6 Å². The van der Waals surface area contributed by atoms with Crippen LogP contribution in [-0.4, -0.2) is 35.3 Å². The second kappa shape index (κ2) is 5.43. The minimum absolute atomic E-state index is 0.185. The molecule has 1 heterocycles. The van der Waals surface area contributed by atoms with Crippen LogP contribution in [0.3, 0.4) is 0 Å². The van der Waals surface area contributed by atoms with Crippen molar-refractivity contribution in [2.24, 2.45) is 0 Å². The molecule has 0 amide bonds. The van der Waals surface area contributed by atoms with Crippen LogP contribution in [0.2, 0.25) is 0 Å². The van der Waals surface area contributed by atoms with Crippen LogP contribution in [0.1, 0.15) is 20.8 Å². The third-order valence-corrected chi connectivity index (χ3v) is 3.31. The van der Waals surface area contributed by atoms with E-state index in [0.717, 1.165) is 10.9 Å². The van der Waals surface area contributed by atoms with Crippen molar-refractivity contribution in [2.75, 3.05) is 6.61 Å². The molecule has 108 valence electrons. The van der Waals surface area contributed by atoms with E-state index in [1.165, 1.54) is 0 Å². The molecule has 10 heteroatoms. The first-order chi connectivity index (χ1) is 8.50. The molecule has 1 aromatic rings. The lowest BCUT2D eigenvalue weighted by Crippen LogP contribution is -2.22. The summed E-state index contributed by atoms with van der Waals surface area (Å²) in [7, 11) is 0.906. The van der Waals surface area contributed by atoms with Gasteiger partial charge in [-0.15, -0.1) is 0 Å². The second-order valence-corrected chi connectivity index (χ2v) is 7.27. The van der Waals surface area contributed by atoms with Crippen LogP contribution in [0.15, 0.2) is 11.1 Å². The molecule has 1 rings (SSSR count). The molecule has 0 spiro atoms. The maximum Gasteiger partial charge on any atom is 0.410 e. The van der Waals surface area contributed by atoms with Gasteiger partial charge in [0.25, 0.3) is 9.05 Å². The first kappa shape index (κ1) is 15.9. The summed E-state index contributed by atoms with van der Waals surface area (Å²) in [6, 6.07) is 0. The Kier molecular flexibility index (Phi) is 4.54. The number of rotatable bonds is 5. The lowest BCUT2D eigenvalue weighted by Gasteiger charge is -2.18.